The molecule has 1 aromatic carbocycles. The monoisotopic (exact) mass is 260 g/mol. The molecule has 6 heteroatoms. The van der Waals surface area contributed by atoms with Gasteiger partial charge in [0.25, 0.3) is 0 Å². The maximum Gasteiger partial charge on any atom is 0.335 e. The van der Waals surface area contributed by atoms with Crippen LogP contribution in [0.5, 0.6) is 0 Å². The average Bonchev–Trinajstić information content (AvgIpc) is 2.17. The second-order valence-electron chi connectivity index (χ2n) is 2.94. The second-order valence-corrected chi connectivity index (χ2v) is 2.94. The lowest BCUT2D eigenvalue weighted by Crippen LogP contribution is -1.97. The van der Waals surface area contributed by atoms with Crippen LogP contribution < -0.4 is 5.73 Å². The quantitative estimate of drug-likeness (QED) is 0.826. The van der Waals surface area contributed by atoms with Gasteiger partial charge in [0.15, 0.2) is 0 Å². The van der Waals surface area contributed by atoms with E-state index in [4.69, 9.17) is 10.8 Å². The van der Waals surface area contributed by atoms with E-state index in [1.165, 1.54) is 6.07 Å². The van der Waals surface area contributed by atoms with Crippen LogP contribution in [0.25, 0.3) is 10.8 Å². The molecule has 3 N–H and O–H groups in total. The first kappa shape index (κ1) is 14.5. The van der Waals surface area contributed by atoms with Crippen LogP contribution >= 0.6 is 24.8 Å². The van der Waals surface area contributed by atoms with Crippen LogP contribution in [-0.4, -0.2) is 16.1 Å². The number of halogens is 2. The maximum absolute atomic E-state index is 10.7. The lowest BCUT2D eigenvalue weighted by Gasteiger charge is -2.01. The van der Waals surface area contributed by atoms with Gasteiger partial charge < -0.3 is 10.8 Å². The minimum absolute atomic E-state index is 0. The van der Waals surface area contributed by atoms with Crippen molar-refractivity contribution in [3.05, 3.63) is 36.0 Å². The van der Waals surface area contributed by atoms with Crippen molar-refractivity contribution in [2.45, 2.75) is 0 Å². The highest BCUT2D eigenvalue weighted by molar-refractivity contribution is 5.97. The van der Waals surface area contributed by atoms with Crippen molar-refractivity contribution in [3.8, 4) is 0 Å². The van der Waals surface area contributed by atoms with E-state index in [1.54, 1.807) is 24.4 Å². The van der Waals surface area contributed by atoms with E-state index in [0.717, 1.165) is 10.8 Å². The first-order valence-corrected chi connectivity index (χ1v) is 4.06. The van der Waals surface area contributed by atoms with Crippen LogP contribution in [0.3, 0.4) is 0 Å². The number of carboxylic acids is 1. The Morgan fingerprint density at radius 1 is 1.25 bits per heavy atom. The number of pyridine rings is 1. The Hall–Kier alpha value is -1.52. The Balaban J connectivity index is 0.00000112. The highest BCUT2D eigenvalue weighted by Gasteiger charge is 2.04. The van der Waals surface area contributed by atoms with Gasteiger partial charge in [-0.15, -0.1) is 24.8 Å². The number of anilines is 1. The normalized spacial score (nSPS) is 9.00. The highest BCUT2D eigenvalue weighted by atomic mass is 35.5. The molecule has 0 bridgehead atoms. The molecule has 1 heterocycles. The summed E-state index contributed by atoms with van der Waals surface area (Å²) in [5.41, 5.74) is 5.88. The SMILES string of the molecule is Cl.Cl.Nc1nccc2cc(C(=O)O)ccc12. The van der Waals surface area contributed by atoms with E-state index >= 15 is 0 Å². The number of hydrogen-bond acceptors (Lipinski definition) is 3. The molecule has 0 unspecified atom stereocenters. The third kappa shape index (κ3) is 2.53. The molecule has 0 aliphatic rings. The number of aromatic carboxylic acids is 1. The van der Waals surface area contributed by atoms with E-state index < -0.39 is 5.97 Å². The third-order valence-corrected chi connectivity index (χ3v) is 2.04. The van der Waals surface area contributed by atoms with Crippen LogP contribution in [0, 0.1) is 0 Å². The molecule has 86 valence electrons. The van der Waals surface area contributed by atoms with Crippen LogP contribution in [0.2, 0.25) is 0 Å². The molecule has 0 spiro atoms. The first-order valence-electron chi connectivity index (χ1n) is 4.06. The lowest BCUT2D eigenvalue weighted by molar-refractivity contribution is 0.0697. The summed E-state index contributed by atoms with van der Waals surface area (Å²) in [4.78, 5) is 14.6. The van der Waals surface area contributed by atoms with Gasteiger partial charge in [-0.05, 0) is 29.7 Å². The van der Waals surface area contributed by atoms with Crippen molar-refractivity contribution in [3.63, 3.8) is 0 Å². The van der Waals surface area contributed by atoms with E-state index in [9.17, 15) is 4.79 Å². The minimum Gasteiger partial charge on any atom is -0.478 e. The van der Waals surface area contributed by atoms with Gasteiger partial charge >= 0.3 is 5.97 Å². The molecule has 0 atom stereocenters. The maximum atomic E-state index is 10.7. The van der Waals surface area contributed by atoms with Crippen molar-refractivity contribution in [2.24, 2.45) is 0 Å². The van der Waals surface area contributed by atoms with Gasteiger partial charge in [0.05, 0.1) is 5.56 Å². The topological polar surface area (TPSA) is 76.2 Å². The summed E-state index contributed by atoms with van der Waals surface area (Å²) in [6, 6.07) is 6.50. The Kier molecular flexibility index (Phi) is 5.01. The summed E-state index contributed by atoms with van der Waals surface area (Å²) in [5.74, 6) is -0.526. The number of nitrogens with two attached hydrogens (primary N) is 1. The fourth-order valence-electron chi connectivity index (χ4n) is 1.33. The van der Waals surface area contributed by atoms with Crippen molar-refractivity contribution < 1.29 is 9.90 Å². The van der Waals surface area contributed by atoms with Crippen LogP contribution in [0.15, 0.2) is 30.5 Å². The number of nitrogens with zero attached hydrogens (tertiary/aromatic N) is 1. The molecule has 0 aliphatic carbocycles. The van der Waals surface area contributed by atoms with E-state index in [2.05, 4.69) is 4.98 Å². The molecule has 0 radical (unpaired) electrons. The number of benzene rings is 1. The molecule has 4 nitrogen and oxygen atoms in total. The smallest absolute Gasteiger partial charge is 0.335 e. The fourth-order valence-corrected chi connectivity index (χ4v) is 1.33. The molecule has 0 saturated heterocycles. The zero-order valence-electron chi connectivity index (χ0n) is 8.08. The molecule has 1 aromatic heterocycles. The van der Waals surface area contributed by atoms with Gasteiger partial charge in [-0.25, -0.2) is 9.78 Å². The number of hydrogen-bond donors (Lipinski definition) is 2. The fraction of sp³-hybridized carbons (Fsp3) is 0. The van der Waals surface area contributed by atoms with Crippen molar-refractivity contribution in [1.82, 2.24) is 4.98 Å². The zero-order valence-corrected chi connectivity index (χ0v) is 9.72. The molecule has 2 aromatic rings. The first-order chi connectivity index (χ1) is 6.68. The number of nitrogen functional groups attached to an aromatic ring is 1. The van der Waals surface area contributed by atoms with Gasteiger partial charge in [0.1, 0.15) is 5.82 Å². The molecule has 0 amide bonds. The van der Waals surface area contributed by atoms with Gasteiger partial charge in [-0.3, -0.25) is 0 Å². The number of carboxylic acid groups (broad SMARTS) is 1. The standard InChI is InChI=1S/C10H8N2O2.2ClH/c11-9-8-2-1-7(10(13)14)5-6(8)3-4-12-9;;/h1-5H,(H2,11,12)(H,13,14);2*1H. The predicted octanol–water partition coefficient (Wildman–Crippen LogP) is 2.36. The number of fused-ring (bicyclic) bond motifs is 1. The molecule has 0 fully saturated rings. The molecule has 0 aliphatic heterocycles. The molecule has 2 rings (SSSR count). The Morgan fingerprint density at radius 3 is 2.56 bits per heavy atom. The van der Waals surface area contributed by atoms with Gasteiger partial charge in [-0.1, -0.05) is 0 Å². The number of carbonyl (C=O) groups is 1. The predicted molar refractivity (Wildman–Crippen MR) is 67.6 cm³/mol. The number of aromatic nitrogens is 1. The molecule has 16 heavy (non-hydrogen) atoms. The van der Waals surface area contributed by atoms with Crippen LogP contribution in [0.1, 0.15) is 10.4 Å². The van der Waals surface area contributed by atoms with Crippen molar-refractivity contribution in [2.75, 3.05) is 5.73 Å². The van der Waals surface area contributed by atoms with Crippen molar-refractivity contribution >= 4 is 47.4 Å². The van der Waals surface area contributed by atoms with Gasteiger partial charge in [0, 0.05) is 11.6 Å². The summed E-state index contributed by atoms with van der Waals surface area (Å²) in [6.45, 7) is 0. The highest BCUT2D eigenvalue weighted by Crippen LogP contribution is 2.19. The van der Waals surface area contributed by atoms with E-state index in [1.807, 2.05) is 0 Å². The Bertz CT molecular complexity index is 517. The van der Waals surface area contributed by atoms with Crippen molar-refractivity contribution in [1.29, 1.82) is 0 Å². The zero-order chi connectivity index (χ0) is 10.1. The average molecular weight is 261 g/mol. The van der Waals surface area contributed by atoms with Gasteiger partial charge in [-0.2, -0.15) is 0 Å². The third-order valence-electron chi connectivity index (χ3n) is 2.04. The molecular weight excluding hydrogens is 251 g/mol. The summed E-state index contributed by atoms with van der Waals surface area (Å²) in [6.07, 6.45) is 1.56. The van der Waals surface area contributed by atoms with Crippen LogP contribution in [0.4, 0.5) is 5.82 Å². The molecular formula is C10H10Cl2N2O2. The summed E-state index contributed by atoms with van der Waals surface area (Å²) in [5, 5.41) is 10.3. The summed E-state index contributed by atoms with van der Waals surface area (Å²) in [7, 11) is 0. The van der Waals surface area contributed by atoms with Gasteiger partial charge in [0.2, 0.25) is 0 Å². The van der Waals surface area contributed by atoms with E-state index in [0.29, 0.717) is 5.82 Å². The minimum atomic E-state index is -0.942. The van der Waals surface area contributed by atoms with E-state index in [-0.39, 0.29) is 30.4 Å². The van der Waals surface area contributed by atoms with Crippen LogP contribution in [-0.2, 0) is 0 Å². The summed E-state index contributed by atoms with van der Waals surface area (Å²) >= 11 is 0. The lowest BCUT2D eigenvalue weighted by atomic mass is 10.1. The number of rotatable bonds is 1. The second kappa shape index (κ2) is 5.53. The Labute approximate surface area is 104 Å². The largest absolute Gasteiger partial charge is 0.478 e. The molecule has 0 saturated carbocycles. The Morgan fingerprint density at radius 2 is 1.94 bits per heavy atom. The summed E-state index contributed by atoms with van der Waals surface area (Å²) < 4.78 is 0.